The van der Waals surface area contributed by atoms with Crippen LogP contribution < -0.4 is 10.6 Å². The van der Waals surface area contributed by atoms with Gasteiger partial charge in [-0.25, -0.2) is 0 Å². The number of aliphatic hydroxyl groups excluding tert-OH is 1. The molecule has 3 N–H and O–H groups in total. The molecule has 1 rings (SSSR count). The Labute approximate surface area is 206 Å². The van der Waals surface area contributed by atoms with E-state index in [0.717, 1.165) is 12.8 Å². The van der Waals surface area contributed by atoms with Crippen molar-refractivity contribution < 1.29 is 14.7 Å². The minimum Gasteiger partial charge on any atom is -0.391 e. The number of carbonyl (C=O) groups excluding carboxylic acids is 2. The molecule has 1 heterocycles. The second-order valence-electron chi connectivity index (χ2n) is 9.26. The number of hydrogen-bond donors (Lipinski definition) is 3. The van der Waals surface area contributed by atoms with Crippen molar-refractivity contribution in [2.75, 3.05) is 6.54 Å². The van der Waals surface area contributed by atoms with E-state index in [1.807, 2.05) is 5.38 Å². The van der Waals surface area contributed by atoms with Crippen molar-refractivity contribution in [3.05, 3.63) is 22.4 Å². The number of unbranched alkanes of at least 4 members (excludes halogenated alkanes) is 15. The van der Waals surface area contributed by atoms with Crippen LogP contribution in [-0.2, 0) is 4.79 Å². The SMILES string of the molecule is CCCCCCCCCCCCCCCCCCNC(=O)[C@@H](NC(=O)c1cccs1)[C@@H](C)O. The monoisotopic (exact) mass is 480 g/mol. The summed E-state index contributed by atoms with van der Waals surface area (Å²) in [4.78, 5) is 25.1. The summed E-state index contributed by atoms with van der Waals surface area (Å²) in [5, 5.41) is 17.2. The maximum absolute atomic E-state index is 12.4. The number of rotatable bonds is 21. The fraction of sp³-hybridized carbons (Fsp3) is 0.778. The number of thiophene rings is 1. The molecule has 190 valence electrons. The molecule has 0 radical (unpaired) electrons. The highest BCUT2D eigenvalue weighted by molar-refractivity contribution is 7.12. The highest BCUT2D eigenvalue weighted by Crippen LogP contribution is 2.14. The van der Waals surface area contributed by atoms with E-state index in [1.165, 1.54) is 108 Å². The van der Waals surface area contributed by atoms with Gasteiger partial charge in [-0.1, -0.05) is 109 Å². The third-order valence-corrected chi connectivity index (χ3v) is 6.99. The third-order valence-electron chi connectivity index (χ3n) is 6.13. The summed E-state index contributed by atoms with van der Waals surface area (Å²) < 4.78 is 0. The number of amides is 2. The molecule has 0 aliphatic rings. The van der Waals surface area contributed by atoms with E-state index < -0.39 is 12.1 Å². The normalized spacial score (nSPS) is 12.9. The maximum atomic E-state index is 12.4. The fourth-order valence-corrected chi connectivity index (χ4v) is 4.65. The Bertz CT molecular complexity index is 605. The maximum Gasteiger partial charge on any atom is 0.262 e. The van der Waals surface area contributed by atoms with Crippen molar-refractivity contribution in [1.29, 1.82) is 0 Å². The van der Waals surface area contributed by atoms with E-state index in [-0.39, 0.29) is 11.8 Å². The predicted octanol–water partition coefficient (Wildman–Crippen LogP) is 6.61. The first-order valence-corrected chi connectivity index (χ1v) is 14.2. The van der Waals surface area contributed by atoms with Gasteiger partial charge in [-0.3, -0.25) is 9.59 Å². The van der Waals surface area contributed by atoms with Crippen molar-refractivity contribution in [1.82, 2.24) is 10.6 Å². The lowest BCUT2D eigenvalue weighted by atomic mass is 10.0. The number of carbonyl (C=O) groups is 2. The molecule has 0 aliphatic heterocycles. The summed E-state index contributed by atoms with van der Waals surface area (Å²) >= 11 is 1.31. The molecule has 33 heavy (non-hydrogen) atoms. The first-order chi connectivity index (χ1) is 16.1. The Morgan fingerprint density at radius 1 is 0.848 bits per heavy atom. The van der Waals surface area contributed by atoms with Gasteiger partial charge in [0.05, 0.1) is 11.0 Å². The Morgan fingerprint density at radius 3 is 1.76 bits per heavy atom. The van der Waals surface area contributed by atoms with Crippen LogP contribution in [0.3, 0.4) is 0 Å². The average molecular weight is 481 g/mol. The summed E-state index contributed by atoms with van der Waals surface area (Å²) in [5.41, 5.74) is 0. The van der Waals surface area contributed by atoms with Crippen LogP contribution in [0.5, 0.6) is 0 Å². The fourth-order valence-electron chi connectivity index (χ4n) is 4.02. The molecule has 6 heteroatoms. The molecule has 0 saturated carbocycles. The average Bonchev–Trinajstić information content (AvgIpc) is 3.34. The quantitative estimate of drug-likeness (QED) is 0.173. The molecular formula is C27H48N2O3S. The first-order valence-electron chi connectivity index (χ1n) is 13.4. The van der Waals surface area contributed by atoms with Crippen LogP contribution in [0.4, 0.5) is 0 Å². The lowest BCUT2D eigenvalue weighted by molar-refractivity contribution is -0.125. The highest BCUT2D eigenvalue weighted by Gasteiger charge is 2.25. The zero-order valence-corrected chi connectivity index (χ0v) is 21.9. The largest absolute Gasteiger partial charge is 0.391 e. The molecule has 1 aromatic rings. The first kappa shape index (κ1) is 29.6. The summed E-state index contributed by atoms with van der Waals surface area (Å²) in [7, 11) is 0. The molecule has 5 nitrogen and oxygen atoms in total. The van der Waals surface area contributed by atoms with Crippen LogP contribution >= 0.6 is 11.3 Å². The number of hydrogen-bond acceptors (Lipinski definition) is 4. The Balaban J connectivity index is 1.94. The van der Waals surface area contributed by atoms with Crippen LogP contribution in [0.25, 0.3) is 0 Å². The van der Waals surface area contributed by atoms with Crippen molar-refractivity contribution in [2.45, 2.75) is 129 Å². The van der Waals surface area contributed by atoms with E-state index in [2.05, 4.69) is 17.6 Å². The Hall–Kier alpha value is -1.40. The molecule has 0 bridgehead atoms. The minimum absolute atomic E-state index is 0.323. The number of aliphatic hydroxyl groups is 1. The third kappa shape index (κ3) is 15.2. The zero-order chi connectivity index (χ0) is 24.2. The van der Waals surface area contributed by atoms with Gasteiger partial charge in [0.15, 0.2) is 0 Å². The van der Waals surface area contributed by atoms with E-state index >= 15 is 0 Å². The molecule has 2 atom stereocenters. The van der Waals surface area contributed by atoms with Crippen LogP contribution in [0.15, 0.2) is 17.5 Å². The van der Waals surface area contributed by atoms with Gasteiger partial charge in [-0.05, 0) is 24.8 Å². The van der Waals surface area contributed by atoms with Gasteiger partial charge >= 0.3 is 0 Å². The van der Waals surface area contributed by atoms with Gasteiger partial charge in [0.1, 0.15) is 6.04 Å². The molecule has 1 aromatic heterocycles. The molecule has 0 spiro atoms. The summed E-state index contributed by atoms with van der Waals surface area (Å²) in [6, 6.07) is 2.56. The number of nitrogens with one attached hydrogen (secondary N) is 2. The van der Waals surface area contributed by atoms with E-state index in [4.69, 9.17) is 0 Å². The van der Waals surface area contributed by atoms with Crippen LogP contribution in [0, 0.1) is 0 Å². The van der Waals surface area contributed by atoms with Crippen molar-refractivity contribution in [2.24, 2.45) is 0 Å². The van der Waals surface area contributed by atoms with E-state index in [0.29, 0.717) is 11.4 Å². The molecule has 0 unspecified atom stereocenters. The summed E-state index contributed by atoms with van der Waals surface area (Å²) in [5.74, 6) is -0.649. The minimum atomic E-state index is -0.945. The Morgan fingerprint density at radius 2 is 1.33 bits per heavy atom. The lowest BCUT2D eigenvalue weighted by Gasteiger charge is -2.20. The molecule has 0 aliphatic carbocycles. The Kier molecular flexibility index (Phi) is 18.0. The van der Waals surface area contributed by atoms with Gasteiger partial charge < -0.3 is 15.7 Å². The molecule has 0 saturated heterocycles. The zero-order valence-electron chi connectivity index (χ0n) is 21.1. The van der Waals surface area contributed by atoms with Crippen molar-refractivity contribution >= 4 is 23.2 Å². The van der Waals surface area contributed by atoms with Gasteiger partial charge in [0.2, 0.25) is 5.91 Å². The van der Waals surface area contributed by atoms with Gasteiger partial charge in [-0.15, -0.1) is 11.3 Å². The summed E-state index contributed by atoms with van der Waals surface area (Å²) in [6.45, 7) is 4.37. The van der Waals surface area contributed by atoms with Crippen molar-refractivity contribution in [3.8, 4) is 0 Å². The van der Waals surface area contributed by atoms with Gasteiger partial charge in [0, 0.05) is 6.54 Å². The second kappa shape index (κ2) is 20.0. The molecule has 2 amide bonds. The van der Waals surface area contributed by atoms with Crippen LogP contribution in [-0.4, -0.2) is 35.6 Å². The predicted molar refractivity (Wildman–Crippen MR) is 140 cm³/mol. The standard InChI is InChI=1S/C27H48N2O3S/c1-3-4-5-6-7-8-9-10-11-12-13-14-15-16-17-18-21-28-27(32)25(23(2)30)29-26(31)24-20-19-22-33-24/h19-20,22-23,25,30H,3-18,21H2,1-2H3,(H,28,32)(H,29,31)/t23-,25+/m1/s1. The molecular weight excluding hydrogens is 432 g/mol. The lowest BCUT2D eigenvalue weighted by Crippen LogP contribution is -2.52. The smallest absolute Gasteiger partial charge is 0.262 e. The van der Waals surface area contributed by atoms with Crippen LogP contribution in [0.2, 0.25) is 0 Å². The van der Waals surface area contributed by atoms with Gasteiger partial charge in [-0.2, -0.15) is 0 Å². The van der Waals surface area contributed by atoms with Crippen molar-refractivity contribution in [3.63, 3.8) is 0 Å². The van der Waals surface area contributed by atoms with Crippen LogP contribution in [0.1, 0.15) is 126 Å². The van der Waals surface area contributed by atoms with E-state index in [9.17, 15) is 14.7 Å². The topological polar surface area (TPSA) is 78.4 Å². The highest BCUT2D eigenvalue weighted by atomic mass is 32.1. The summed E-state index contributed by atoms with van der Waals surface area (Å²) in [6.07, 6.45) is 20.1. The van der Waals surface area contributed by atoms with E-state index in [1.54, 1.807) is 12.1 Å². The molecule has 0 aromatic carbocycles. The second-order valence-corrected chi connectivity index (χ2v) is 10.2. The molecule has 0 fully saturated rings. The van der Waals surface area contributed by atoms with Gasteiger partial charge in [0.25, 0.3) is 5.91 Å².